The molecule has 5 heterocycles. The van der Waals surface area contributed by atoms with Gasteiger partial charge in [-0.1, -0.05) is 111 Å². The van der Waals surface area contributed by atoms with Crippen LogP contribution in [0.15, 0.2) is 164 Å². The minimum Gasteiger partial charge on any atom is -0.473 e. The van der Waals surface area contributed by atoms with E-state index in [4.69, 9.17) is 15.0 Å². The van der Waals surface area contributed by atoms with Crippen molar-refractivity contribution in [3.05, 3.63) is 211 Å². The molecule has 0 N–H and O–H groups in total. The number of rotatable bonds is 7. The van der Waals surface area contributed by atoms with Gasteiger partial charge in [-0.25, -0.2) is 15.0 Å². The van der Waals surface area contributed by atoms with Crippen LogP contribution >= 0.6 is 0 Å². The third-order valence-corrected chi connectivity index (χ3v) is 10.8. The number of imidazole rings is 1. The third kappa shape index (κ3) is 6.75. The Bertz CT molecular complexity index is 2940. The Balaban J connectivity index is 0.00000449. The van der Waals surface area contributed by atoms with Gasteiger partial charge in [0.1, 0.15) is 11.6 Å². The number of pyridine rings is 2. The number of hydrogen-bond donors (Lipinski definition) is 0. The van der Waals surface area contributed by atoms with E-state index in [1.54, 1.807) is 0 Å². The van der Waals surface area contributed by atoms with E-state index in [0.29, 0.717) is 0 Å². The number of fused-ring (bicyclic) bond motifs is 4. The molecule has 7 nitrogen and oxygen atoms in total. The smallest absolute Gasteiger partial charge is 0.154 e. The van der Waals surface area contributed by atoms with Crippen LogP contribution in [0.2, 0.25) is 0 Å². The van der Waals surface area contributed by atoms with E-state index < -0.39 is 0 Å². The van der Waals surface area contributed by atoms with Gasteiger partial charge in [0, 0.05) is 46.2 Å². The van der Waals surface area contributed by atoms with Crippen molar-refractivity contribution in [2.24, 2.45) is 7.05 Å². The Hall–Kier alpha value is -6.56. The van der Waals surface area contributed by atoms with E-state index in [1.165, 1.54) is 5.56 Å². The maximum absolute atomic E-state index is 4.93. The summed E-state index contributed by atoms with van der Waals surface area (Å²) in [7, 11) is 2.04. The summed E-state index contributed by atoms with van der Waals surface area (Å²) in [5.41, 5.74) is 13.0. The maximum Gasteiger partial charge on any atom is 0.154 e. The van der Waals surface area contributed by atoms with Crippen LogP contribution in [-0.2, 0) is 33.5 Å². The molecular weight excluding hydrogens is 906 g/mol. The predicted octanol–water partition coefficient (Wildman–Crippen LogP) is 11.6. The summed E-state index contributed by atoms with van der Waals surface area (Å²) < 4.78 is 4.24. The first-order valence-electron chi connectivity index (χ1n) is 19.5. The second-order valence-electron chi connectivity index (χ2n) is 15.6. The molecule has 1 aliphatic rings. The molecule has 0 aliphatic carbocycles. The van der Waals surface area contributed by atoms with Gasteiger partial charge in [0.05, 0.1) is 17.5 Å². The van der Waals surface area contributed by atoms with Gasteiger partial charge in [-0.15, -0.1) is 65.8 Å². The Kier molecular flexibility index (Phi) is 9.86. The molecule has 0 saturated heterocycles. The summed E-state index contributed by atoms with van der Waals surface area (Å²) in [4.78, 5) is 19.0. The van der Waals surface area contributed by atoms with Gasteiger partial charge >= 0.3 is 0 Å². The zero-order valence-corrected chi connectivity index (χ0v) is 35.4. The van der Waals surface area contributed by atoms with Crippen LogP contribution in [0.4, 0.5) is 22.9 Å². The zero-order valence-electron chi connectivity index (χ0n) is 33.1. The predicted molar refractivity (Wildman–Crippen MR) is 235 cm³/mol. The van der Waals surface area contributed by atoms with Crippen LogP contribution in [0.3, 0.4) is 0 Å². The molecule has 4 aromatic heterocycles. The van der Waals surface area contributed by atoms with E-state index in [9.17, 15) is 0 Å². The molecule has 9 aromatic rings. The SMILES string of the molecule is Cn1cnc2c1c1ccc(C(=C(c3ccccc3)c3ccccc3)c3[c-]c(N4[CH-]N(c5ccccc5)c5cccnc54)ccc3)[c-]c1n2-c1cc(C(C)(C)C)ccn1.[Pt]. The average molecular weight is 946 g/mol. The molecule has 0 amide bonds. The summed E-state index contributed by atoms with van der Waals surface area (Å²) >= 11 is 0. The quantitative estimate of drug-likeness (QED) is 0.118. The molecule has 0 atom stereocenters. The van der Waals surface area contributed by atoms with Crippen molar-refractivity contribution in [2.45, 2.75) is 26.2 Å². The second kappa shape index (κ2) is 15.3. The second-order valence-corrected chi connectivity index (χ2v) is 15.6. The van der Waals surface area contributed by atoms with Crippen molar-refractivity contribution in [1.29, 1.82) is 0 Å². The molecule has 0 spiro atoms. The van der Waals surface area contributed by atoms with Gasteiger partial charge in [-0.05, 0) is 69.6 Å². The van der Waals surface area contributed by atoms with Crippen LogP contribution in [-0.4, -0.2) is 24.1 Å². The molecule has 0 saturated carbocycles. The molecule has 0 radical (unpaired) electrons. The molecule has 5 aromatic carbocycles. The Morgan fingerprint density at radius 1 is 0.627 bits per heavy atom. The van der Waals surface area contributed by atoms with Gasteiger partial charge in [-0.3, -0.25) is 4.57 Å². The molecular formula is C51H40N7Pt-3. The largest absolute Gasteiger partial charge is 0.473 e. The standard InChI is InChI=1S/C51H40N7.Pt/c1-51(2,3)39-27-29-52-45(32-39)58-44-31-38(25-26-42(44)48-50(58)54-33-55(48)4)47(46(35-16-8-5-9-17-35)36-18-10-6-11-19-36)37-20-14-23-41(30-37)57-34-56(40-21-12-7-13-22-40)43-24-15-28-53-49(43)57;/h5-29,32-34H,1-4H3;/q-3;. The van der Waals surface area contributed by atoms with Crippen molar-refractivity contribution < 1.29 is 21.1 Å². The fraction of sp³-hybridized carbons (Fsp3) is 0.0980. The van der Waals surface area contributed by atoms with Crippen molar-refractivity contribution >= 4 is 56.1 Å². The first-order valence-corrected chi connectivity index (χ1v) is 19.5. The summed E-state index contributed by atoms with van der Waals surface area (Å²) in [6, 6.07) is 58.6. The van der Waals surface area contributed by atoms with E-state index in [-0.39, 0.29) is 26.5 Å². The van der Waals surface area contributed by atoms with Gasteiger partial charge in [0.15, 0.2) is 5.65 Å². The maximum atomic E-state index is 4.93. The Labute approximate surface area is 359 Å². The summed E-state index contributed by atoms with van der Waals surface area (Å²) in [5.74, 6) is 1.65. The zero-order chi connectivity index (χ0) is 39.4. The van der Waals surface area contributed by atoms with Crippen molar-refractivity contribution in [3.63, 3.8) is 0 Å². The normalized spacial score (nSPS) is 12.5. The van der Waals surface area contributed by atoms with Crippen LogP contribution in [0.1, 0.15) is 48.6 Å². The topological polar surface area (TPSA) is 55.0 Å². The Morgan fingerprint density at radius 2 is 1.32 bits per heavy atom. The molecule has 8 heteroatoms. The van der Waals surface area contributed by atoms with E-state index in [1.807, 2.05) is 37.9 Å². The average Bonchev–Trinajstić information content (AvgIpc) is 3.94. The number of aromatic nitrogens is 5. The van der Waals surface area contributed by atoms with E-state index in [0.717, 1.165) is 84.2 Å². The molecule has 59 heavy (non-hydrogen) atoms. The number of hydrogen-bond acceptors (Lipinski definition) is 5. The Morgan fingerprint density at radius 3 is 2.03 bits per heavy atom. The number of nitrogens with zero attached hydrogens (tertiary/aromatic N) is 7. The number of para-hydroxylation sites is 1. The monoisotopic (exact) mass is 945 g/mol. The van der Waals surface area contributed by atoms with Gasteiger partial charge in [-0.2, -0.15) is 0 Å². The van der Waals surface area contributed by atoms with Crippen molar-refractivity contribution in [1.82, 2.24) is 24.1 Å². The molecule has 0 bridgehead atoms. The fourth-order valence-electron chi connectivity index (χ4n) is 8.01. The third-order valence-electron chi connectivity index (χ3n) is 10.8. The fourth-order valence-corrected chi connectivity index (χ4v) is 8.01. The van der Waals surface area contributed by atoms with E-state index >= 15 is 0 Å². The van der Waals surface area contributed by atoms with E-state index in [2.05, 4.69) is 192 Å². The minimum absolute atomic E-state index is 0. The summed E-state index contributed by atoms with van der Waals surface area (Å²) in [5, 5.41) is 1.05. The van der Waals surface area contributed by atoms with Gasteiger partial charge in [0.25, 0.3) is 0 Å². The van der Waals surface area contributed by atoms with Crippen LogP contribution in [0.5, 0.6) is 0 Å². The minimum atomic E-state index is -0.0588. The summed E-state index contributed by atoms with van der Waals surface area (Å²) in [6.45, 7) is 8.78. The van der Waals surface area contributed by atoms with Crippen LogP contribution < -0.4 is 9.80 Å². The molecule has 0 fully saturated rings. The van der Waals surface area contributed by atoms with Crippen molar-refractivity contribution in [3.8, 4) is 5.82 Å². The number of benzene rings is 5. The molecule has 0 unspecified atom stereocenters. The van der Waals surface area contributed by atoms with Crippen LogP contribution in [0, 0.1) is 18.8 Å². The first kappa shape index (κ1) is 38.0. The molecule has 10 rings (SSSR count). The molecule has 1 aliphatic heterocycles. The van der Waals surface area contributed by atoms with Gasteiger partial charge in [0.2, 0.25) is 0 Å². The first-order chi connectivity index (χ1) is 28.3. The summed E-state index contributed by atoms with van der Waals surface area (Å²) in [6.07, 6.45) is 5.62. The number of anilines is 4. The molecule has 292 valence electrons. The number of aryl methyl sites for hydroxylation is 1. The van der Waals surface area contributed by atoms with Crippen molar-refractivity contribution in [2.75, 3.05) is 9.80 Å². The van der Waals surface area contributed by atoms with Crippen LogP contribution in [0.25, 0.3) is 39.0 Å². The van der Waals surface area contributed by atoms with Gasteiger partial charge < -0.3 is 14.4 Å².